The zero-order valence-corrected chi connectivity index (χ0v) is 33.0. The highest BCUT2D eigenvalue weighted by Crippen LogP contribution is 2.28. The van der Waals surface area contributed by atoms with Gasteiger partial charge in [-0.25, -0.2) is 9.59 Å². The van der Waals surface area contributed by atoms with Crippen LogP contribution in [0.1, 0.15) is 68.2 Å². The molecule has 4 rings (SSSR count). The summed E-state index contributed by atoms with van der Waals surface area (Å²) in [6.45, 7) is 17.4. The molecule has 1 atom stereocenters. The molecular formula is C42H59N2O7P. The summed E-state index contributed by atoms with van der Waals surface area (Å²) in [6, 6.07) is 30.8. The quantitative estimate of drug-likeness (QED) is 0.0760. The van der Waals surface area contributed by atoms with Crippen LogP contribution in [0.15, 0.2) is 97.1 Å². The van der Waals surface area contributed by atoms with Crippen molar-refractivity contribution in [3.05, 3.63) is 108 Å². The van der Waals surface area contributed by atoms with Crippen LogP contribution in [0, 0.1) is 0 Å². The average molecular weight is 735 g/mol. The first-order chi connectivity index (χ1) is 24.3. The van der Waals surface area contributed by atoms with Gasteiger partial charge in [-0.1, -0.05) is 100 Å². The minimum atomic E-state index is -0.969. The van der Waals surface area contributed by atoms with Gasteiger partial charge in [-0.3, -0.25) is 0 Å². The molecule has 10 heteroatoms. The van der Waals surface area contributed by atoms with Crippen LogP contribution >= 0.6 is 9.90 Å². The van der Waals surface area contributed by atoms with Crippen LogP contribution in [0.5, 0.6) is 11.5 Å². The van der Waals surface area contributed by atoms with Crippen molar-refractivity contribution in [1.82, 2.24) is 9.80 Å². The molecule has 0 aliphatic rings. The Hall–Kier alpha value is -4.27. The van der Waals surface area contributed by atoms with Gasteiger partial charge in [-0.15, -0.1) is 0 Å². The lowest BCUT2D eigenvalue weighted by molar-refractivity contribution is 0.0520. The maximum atomic E-state index is 12.4. The molecule has 0 saturated carbocycles. The van der Waals surface area contributed by atoms with Crippen molar-refractivity contribution in [2.24, 2.45) is 0 Å². The van der Waals surface area contributed by atoms with Crippen molar-refractivity contribution in [3.63, 3.8) is 0 Å². The number of aromatic carboxylic acids is 1. The van der Waals surface area contributed by atoms with Gasteiger partial charge in [-0.2, -0.15) is 9.90 Å². The number of carboxylic acids is 1. The third kappa shape index (κ3) is 14.8. The highest BCUT2D eigenvalue weighted by Gasteiger charge is 2.16. The van der Waals surface area contributed by atoms with E-state index < -0.39 is 5.97 Å². The van der Waals surface area contributed by atoms with E-state index in [4.69, 9.17) is 14.2 Å². The number of likely N-dealkylation sites (N-methyl/N-ethyl adjacent to an activating group) is 2. The smallest absolute Gasteiger partial charge is 0.341 e. The van der Waals surface area contributed by atoms with E-state index in [-0.39, 0.29) is 26.9 Å². The highest BCUT2D eigenvalue weighted by atomic mass is 31.0. The molecule has 3 N–H and O–H groups in total. The highest BCUT2D eigenvalue weighted by molar-refractivity contribution is 6.92. The Labute approximate surface area is 313 Å². The molecule has 0 amide bonds. The lowest BCUT2D eigenvalue weighted by Gasteiger charge is -2.20. The number of nitrogens with zero attached hydrogens (tertiary/aromatic N) is 2. The van der Waals surface area contributed by atoms with E-state index in [1.807, 2.05) is 91.9 Å². The fourth-order valence-corrected chi connectivity index (χ4v) is 5.53. The molecule has 4 aromatic carbocycles. The monoisotopic (exact) mass is 734 g/mol. The molecule has 0 radical (unpaired) electrons. The van der Waals surface area contributed by atoms with Crippen LogP contribution in [-0.4, -0.2) is 91.4 Å². The lowest BCUT2D eigenvalue weighted by atomic mass is 10.0. The summed E-state index contributed by atoms with van der Waals surface area (Å²) < 4.78 is 16.9. The number of hydrogen-bond acceptors (Lipinski definition) is 7. The van der Waals surface area contributed by atoms with Crippen molar-refractivity contribution >= 4 is 21.8 Å². The molecule has 0 aliphatic carbocycles. The Balaban J connectivity index is 0.000000502. The van der Waals surface area contributed by atoms with Gasteiger partial charge >= 0.3 is 11.9 Å². The SMILES string of the molecule is CCCN(CC)CCOc1ccc(-c2ccccc2)cc1C(=O)O.CCCN(CC)CCOc1ccc(-c2ccccc2)cc1C(=O)OCC.O.P. The molecule has 9 nitrogen and oxygen atoms in total. The predicted octanol–water partition coefficient (Wildman–Crippen LogP) is 8.04. The Morgan fingerprint density at radius 1 is 0.577 bits per heavy atom. The van der Waals surface area contributed by atoms with E-state index in [2.05, 4.69) is 37.5 Å². The Bertz CT molecular complexity index is 1590. The van der Waals surface area contributed by atoms with Gasteiger partial charge in [-0.05, 0) is 92.5 Å². The van der Waals surface area contributed by atoms with E-state index in [0.29, 0.717) is 36.9 Å². The van der Waals surface area contributed by atoms with E-state index in [1.165, 1.54) is 0 Å². The van der Waals surface area contributed by atoms with Gasteiger partial charge in [0.2, 0.25) is 0 Å². The van der Waals surface area contributed by atoms with E-state index >= 15 is 0 Å². The Morgan fingerprint density at radius 3 is 1.38 bits per heavy atom. The van der Waals surface area contributed by atoms with Gasteiger partial charge in [0, 0.05) is 13.1 Å². The molecule has 0 bridgehead atoms. The zero-order chi connectivity index (χ0) is 36.1. The summed E-state index contributed by atoms with van der Waals surface area (Å²) >= 11 is 0. The van der Waals surface area contributed by atoms with Crippen LogP contribution < -0.4 is 9.47 Å². The van der Waals surface area contributed by atoms with Crippen molar-refractivity contribution in [3.8, 4) is 33.8 Å². The van der Waals surface area contributed by atoms with Crippen molar-refractivity contribution in [2.75, 3.05) is 59.1 Å². The summed E-state index contributed by atoms with van der Waals surface area (Å²) in [7, 11) is 0. The van der Waals surface area contributed by atoms with Gasteiger partial charge in [0.05, 0.1) is 6.61 Å². The number of rotatable bonds is 19. The van der Waals surface area contributed by atoms with Gasteiger partial charge in [0.1, 0.15) is 35.8 Å². The van der Waals surface area contributed by atoms with Crippen LogP contribution in [0.3, 0.4) is 0 Å². The largest absolute Gasteiger partial charge is 0.491 e. The first-order valence-electron chi connectivity index (χ1n) is 17.8. The fourth-order valence-electron chi connectivity index (χ4n) is 5.53. The fraction of sp³-hybridized carbons (Fsp3) is 0.381. The molecule has 0 aliphatic heterocycles. The first-order valence-corrected chi connectivity index (χ1v) is 17.8. The predicted molar refractivity (Wildman–Crippen MR) is 217 cm³/mol. The number of carbonyl (C=O) groups is 2. The normalized spacial score (nSPS) is 10.4. The second-order valence-corrected chi connectivity index (χ2v) is 11.7. The lowest BCUT2D eigenvalue weighted by Crippen LogP contribution is -2.29. The van der Waals surface area contributed by atoms with Gasteiger partial charge in [0.15, 0.2) is 0 Å². The minimum absolute atomic E-state index is 0. The summed E-state index contributed by atoms with van der Waals surface area (Å²) in [5.41, 5.74) is 4.58. The summed E-state index contributed by atoms with van der Waals surface area (Å²) in [5.74, 6) is -0.310. The van der Waals surface area contributed by atoms with Crippen LogP contribution in [0.4, 0.5) is 0 Å². The molecule has 0 aromatic heterocycles. The van der Waals surface area contributed by atoms with E-state index in [0.717, 1.165) is 74.4 Å². The molecule has 4 aromatic rings. The van der Waals surface area contributed by atoms with Gasteiger partial charge < -0.3 is 34.6 Å². The summed E-state index contributed by atoms with van der Waals surface area (Å²) in [5, 5.41) is 9.49. The molecular weight excluding hydrogens is 675 g/mol. The molecule has 284 valence electrons. The summed E-state index contributed by atoms with van der Waals surface area (Å²) in [6.07, 6.45) is 2.22. The number of hydrogen-bond donors (Lipinski definition) is 1. The number of carboxylic acid groups (broad SMARTS) is 1. The Kier molecular flexibility index (Phi) is 22.6. The first kappa shape index (κ1) is 45.8. The van der Waals surface area contributed by atoms with Crippen molar-refractivity contribution < 1.29 is 34.4 Å². The minimum Gasteiger partial charge on any atom is -0.491 e. The van der Waals surface area contributed by atoms with Crippen LogP contribution in [0.2, 0.25) is 0 Å². The molecule has 0 saturated heterocycles. The number of carbonyl (C=O) groups excluding carboxylic acids is 1. The second-order valence-electron chi connectivity index (χ2n) is 11.7. The Morgan fingerprint density at radius 2 is 1.00 bits per heavy atom. The number of benzene rings is 4. The van der Waals surface area contributed by atoms with Gasteiger partial charge in [0.25, 0.3) is 0 Å². The average Bonchev–Trinajstić information content (AvgIpc) is 3.15. The van der Waals surface area contributed by atoms with E-state index in [1.54, 1.807) is 12.1 Å². The molecule has 0 fully saturated rings. The number of ether oxygens (including phenoxy) is 3. The number of esters is 1. The topological polar surface area (TPSA) is 120 Å². The third-order valence-electron chi connectivity index (χ3n) is 8.20. The van der Waals surface area contributed by atoms with Crippen LogP contribution in [-0.2, 0) is 4.74 Å². The molecule has 0 heterocycles. The van der Waals surface area contributed by atoms with Crippen molar-refractivity contribution in [2.45, 2.75) is 47.5 Å². The second kappa shape index (κ2) is 25.6. The summed E-state index contributed by atoms with van der Waals surface area (Å²) in [4.78, 5) is 28.6. The standard InChI is InChI=1S/C22H29NO3.C20H25NO3.H2O.H3P/c1-4-14-23(5-2)15-16-26-21-13-12-19(18-10-8-7-9-11-18)17-20(21)22(24)25-6-3;1-3-12-21(4-2)13-14-24-19-11-10-17(15-18(19)20(22)23)16-8-6-5-7-9-16;;/h7-13,17H,4-6,14-16H2,1-3H3;5-11,15H,3-4,12-14H2,1-2H3,(H,22,23);1H2;1H3. The third-order valence-corrected chi connectivity index (χ3v) is 8.20. The van der Waals surface area contributed by atoms with Crippen molar-refractivity contribution in [1.29, 1.82) is 0 Å². The molecule has 1 unspecified atom stereocenters. The molecule has 0 spiro atoms. The molecule has 52 heavy (non-hydrogen) atoms. The van der Waals surface area contributed by atoms with Crippen LogP contribution in [0.25, 0.3) is 22.3 Å². The maximum Gasteiger partial charge on any atom is 0.341 e. The zero-order valence-electron chi connectivity index (χ0n) is 31.6. The van der Waals surface area contributed by atoms with E-state index in [9.17, 15) is 14.7 Å². The maximum absolute atomic E-state index is 12.4.